The molecule has 0 atom stereocenters. The van der Waals surface area contributed by atoms with Crippen molar-refractivity contribution in [2.75, 3.05) is 21.3 Å². The maximum Gasteiger partial charge on any atom is 0.536 e. The fraction of sp³-hybridized carbons (Fsp3) is 0.400. The van der Waals surface area contributed by atoms with Crippen molar-refractivity contribution in [3.8, 4) is 0 Å². The molecule has 0 bridgehead atoms. The molecule has 0 saturated carbocycles. The van der Waals surface area contributed by atoms with Gasteiger partial charge in [-0.2, -0.15) is 0 Å². The Hall–Kier alpha value is -0.753. The number of hydrogen-bond acceptors (Lipinski definition) is 3. The van der Waals surface area contributed by atoms with E-state index >= 15 is 0 Å². The van der Waals surface area contributed by atoms with E-state index in [2.05, 4.69) is 0 Å². The Bertz CT molecular complexity index is 331. The topological polar surface area (TPSA) is 27.7 Å². The van der Waals surface area contributed by atoms with Crippen LogP contribution in [0.1, 0.15) is 5.56 Å². The fourth-order valence-corrected chi connectivity index (χ4v) is 3.56. The average molecular weight is 230 g/mol. The zero-order valence-corrected chi connectivity index (χ0v) is 10.3. The highest BCUT2D eigenvalue weighted by atomic mass is 28.4. The summed E-state index contributed by atoms with van der Waals surface area (Å²) in [4.78, 5) is 0. The second kappa shape index (κ2) is 4.85. The largest absolute Gasteiger partial charge is 0.536 e. The van der Waals surface area contributed by atoms with Crippen LogP contribution in [0.3, 0.4) is 0 Å². The fourth-order valence-electron chi connectivity index (χ4n) is 1.52. The van der Waals surface area contributed by atoms with Crippen LogP contribution in [-0.4, -0.2) is 30.1 Å². The molecule has 1 aromatic carbocycles. The zero-order valence-electron chi connectivity index (χ0n) is 9.33. The highest BCUT2D eigenvalue weighted by Crippen LogP contribution is 2.12. The van der Waals surface area contributed by atoms with Crippen molar-refractivity contribution < 1.29 is 17.7 Å². The van der Waals surface area contributed by atoms with Gasteiger partial charge in [-0.25, -0.2) is 4.39 Å². The lowest BCUT2D eigenvalue weighted by molar-refractivity contribution is 0.140. The van der Waals surface area contributed by atoms with Gasteiger partial charge in [0, 0.05) is 26.5 Å². The molecule has 0 aromatic heterocycles. The Labute approximate surface area is 90.1 Å². The van der Waals surface area contributed by atoms with Crippen LogP contribution in [-0.2, 0) is 13.3 Å². The Morgan fingerprint density at radius 1 is 1.07 bits per heavy atom. The van der Waals surface area contributed by atoms with Gasteiger partial charge < -0.3 is 13.3 Å². The van der Waals surface area contributed by atoms with Crippen LogP contribution in [0.5, 0.6) is 0 Å². The molecule has 15 heavy (non-hydrogen) atoms. The normalized spacial score (nSPS) is 11.8. The van der Waals surface area contributed by atoms with Crippen LogP contribution in [0, 0.1) is 12.7 Å². The predicted molar refractivity (Wildman–Crippen MR) is 57.6 cm³/mol. The lowest BCUT2D eigenvalue weighted by Gasteiger charge is -2.25. The number of rotatable bonds is 4. The molecule has 0 N–H and O–H groups in total. The van der Waals surface area contributed by atoms with Gasteiger partial charge in [0.15, 0.2) is 0 Å². The van der Waals surface area contributed by atoms with Crippen LogP contribution >= 0.6 is 0 Å². The summed E-state index contributed by atoms with van der Waals surface area (Å²) in [5, 5.41) is 0.662. The van der Waals surface area contributed by atoms with Crippen LogP contribution in [0.4, 0.5) is 4.39 Å². The van der Waals surface area contributed by atoms with E-state index in [0.29, 0.717) is 10.8 Å². The molecule has 0 amide bonds. The SMILES string of the molecule is CO[Si](OC)(OC)c1cccc(F)c1C. The minimum Gasteiger partial charge on any atom is -0.373 e. The van der Waals surface area contributed by atoms with Gasteiger partial charge in [0.1, 0.15) is 5.82 Å². The minimum absolute atomic E-state index is 0.282. The molecule has 1 rings (SSSR count). The highest BCUT2D eigenvalue weighted by molar-refractivity contribution is 6.75. The summed E-state index contributed by atoms with van der Waals surface area (Å²) in [5.74, 6) is -0.282. The highest BCUT2D eigenvalue weighted by Gasteiger charge is 2.42. The van der Waals surface area contributed by atoms with E-state index in [1.54, 1.807) is 19.1 Å². The van der Waals surface area contributed by atoms with Gasteiger partial charge in [-0.1, -0.05) is 12.1 Å². The van der Waals surface area contributed by atoms with Crippen molar-refractivity contribution in [3.05, 3.63) is 29.6 Å². The minimum atomic E-state index is -2.91. The molecule has 0 radical (unpaired) electrons. The van der Waals surface area contributed by atoms with Gasteiger partial charge in [-0.15, -0.1) is 0 Å². The third-order valence-corrected chi connectivity index (χ3v) is 5.22. The second-order valence-electron chi connectivity index (χ2n) is 3.08. The molecule has 0 heterocycles. The van der Waals surface area contributed by atoms with Crippen LogP contribution in [0.2, 0.25) is 0 Å². The molecule has 84 valence electrons. The molecule has 5 heteroatoms. The summed E-state index contributed by atoms with van der Waals surface area (Å²) in [6.07, 6.45) is 0. The standard InChI is InChI=1S/C10H15FO3Si/c1-8-9(11)6-5-7-10(8)15(12-2,13-3)14-4/h5-7H,1-4H3. The Morgan fingerprint density at radius 3 is 2.07 bits per heavy atom. The van der Waals surface area contributed by atoms with Crippen LogP contribution in [0.25, 0.3) is 0 Å². The first-order valence-corrected chi connectivity index (χ1v) is 6.24. The lowest BCUT2D eigenvalue weighted by atomic mass is 10.2. The van der Waals surface area contributed by atoms with Crippen molar-refractivity contribution in [1.29, 1.82) is 0 Å². The molecule has 0 aliphatic heterocycles. The van der Waals surface area contributed by atoms with E-state index in [9.17, 15) is 4.39 Å². The number of halogens is 1. The van der Waals surface area contributed by atoms with Crippen molar-refractivity contribution >= 4 is 14.0 Å². The maximum absolute atomic E-state index is 13.4. The molecular weight excluding hydrogens is 215 g/mol. The van der Waals surface area contributed by atoms with Gasteiger partial charge in [-0.05, 0) is 18.6 Å². The quantitative estimate of drug-likeness (QED) is 0.728. The van der Waals surface area contributed by atoms with Crippen molar-refractivity contribution in [2.45, 2.75) is 6.92 Å². The van der Waals surface area contributed by atoms with E-state index in [4.69, 9.17) is 13.3 Å². The van der Waals surface area contributed by atoms with E-state index in [1.165, 1.54) is 27.4 Å². The molecule has 0 spiro atoms. The third-order valence-electron chi connectivity index (χ3n) is 2.40. The van der Waals surface area contributed by atoms with Gasteiger partial charge in [0.05, 0.1) is 0 Å². The smallest absolute Gasteiger partial charge is 0.373 e. The molecular formula is C10H15FO3Si. The summed E-state index contributed by atoms with van der Waals surface area (Å²) >= 11 is 0. The van der Waals surface area contributed by atoms with Crippen LogP contribution in [0.15, 0.2) is 18.2 Å². The Balaban J connectivity index is 3.28. The first-order chi connectivity index (χ1) is 7.11. The predicted octanol–water partition coefficient (Wildman–Crippen LogP) is 1.22. The van der Waals surface area contributed by atoms with Gasteiger partial charge >= 0.3 is 8.80 Å². The number of hydrogen-bond donors (Lipinski definition) is 0. The lowest BCUT2D eigenvalue weighted by Crippen LogP contribution is -2.55. The molecule has 3 nitrogen and oxygen atoms in total. The molecule has 0 aliphatic carbocycles. The first-order valence-electron chi connectivity index (χ1n) is 4.52. The number of benzene rings is 1. The van der Waals surface area contributed by atoms with Crippen molar-refractivity contribution in [3.63, 3.8) is 0 Å². The molecule has 0 unspecified atom stereocenters. The van der Waals surface area contributed by atoms with Crippen LogP contribution < -0.4 is 5.19 Å². The Kier molecular flexibility index (Phi) is 3.98. The summed E-state index contributed by atoms with van der Waals surface area (Å²) in [5.41, 5.74) is 0.509. The van der Waals surface area contributed by atoms with Crippen molar-refractivity contribution in [1.82, 2.24) is 0 Å². The second-order valence-corrected chi connectivity index (χ2v) is 5.96. The van der Waals surface area contributed by atoms with E-state index in [-0.39, 0.29) is 5.82 Å². The summed E-state index contributed by atoms with van der Waals surface area (Å²) in [6.45, 7) is 1.68. The van der Waals surface area contributed by atoms with Gasteiger partial charge in [-0.3, -0.25) is 0 Å². The summed E-state index contributed by atoms with van der Waals surface area (Å²) in [7, 11) is 1.60. The zero-order chi connectivity index (χ0) is 11.5. The third kappa shape index (κ3) is 2.10. The molecule has 0 fully saturated rings. The molecule has 0 aliphatic rings. The van der Waals surface area contributed by atoms with E-state index < -0.39 is 8.80 Å². The van der Waals surface area contributed by atoms with Crippen molar-refractivity contribution in [2.24, 2.45) is 0 Å². The summed E-state index contributed by atoms with van der Waals surface area (Å²) in [6, 6.07) is 4.79. The maximum atomic E-state index is 13.4. The molecule has 1 aromatic rings. The Morgan fingerprint density at radius 2 is 1.60 bits per heavy atom. The average Bonchev–Trinajstić information content (AvgIpc) is 2.27. The van der Waals surface area contributed by atoms with E-state index in [0.717, 1.165) is 0 Å². The monoisotopic (exact) mass is 230 g/mol. The van der Waals surface area contributed by atoms with Gasteiger partial charge in [0.25, 0.3) is 0 Å². The first kappa shape index (κ1) is 12.3. The van der Waals surface area contributed by atoms with E-state index in [1.807, 2.05) is 0 Å². The van der Waals surface area contributed by atoms with Gasteiger partial charge in [0.2, 0.25) is 0 Å². The summed E-state index contributed by atoms with van der Waals surface area (Å²) < 4.78 is 29.2. The molecule has 0 saturated heterocycles.